The molecule has 1 saturated heterocycles. The minimum Gasteiger partial charge on any atom is -0.361 e. The Hall–Kier alpha value is -2.96. The molecular formula is C23H22ClN5O. The molecule has 2 aromatic heterocycles. The van der Waals surface area contributed by atoms with Gasteiger partial charge >= 0.3 is 0 Å². The van der Waals surface area contributed by atoms with Crippen molar-refractivity contribution in [3.05, 3.63) is 70.8 Å². The van der Waals surface area contributed by atoms with Gasteiger partial charge in [-0.15, -0.1) is 0 Å². The van der Waals surface area contributed by atoms with E-state index in [9.17, 15) is 0 Å². The zero-order valence-electron chi connectivity index (χ0n) is 16.9. The van der Waals surface area contributed by atoms with Crippen LogP contribution >= 0.6 is 11.6 Å². The van der Waals surface area contributed by atoms with E-state index in [0.29, 0.717) is 0 Å². The van der Waals surface area contributed by atoms with Crippen LogP contribution in [0.25, 0.3) is 22.0 Å². The van der Waals surface area contributed by atoms with Gasteiger partial charge in [0.25, 0.3) is 0 Å². The number of rotatable bonds is 3. The quantitative estimate of drug-likeness (QED) is 0.485. The maximum atomic E-state index is 6.34. The van der Waals surface area contributed by atoms with E-state index >= 15 is 0 Å². The lowest BCUT2D eigenvalue weighted by molar-refractivity contribution is 0.393. The summed E-state index contributed by atoms with van der Waals surface area (Å²) in [6, 6.07) is 16.8. The van der Waals surface area contributed by atoms with Crippen molar-refractivity contribution in [2.75, 3.05) is 24.5 Å². The lowest BCUT2D eigenvalue weighted by Crippen LogP contribution is -2.46. The molecule has 1 N–H and O–H groups in total. The van der Waals surface area contributed by atoms with Gasteiger partial charge in [0.15, 0.2) is 0 Å². The molecule has 30 heavy (non-hydrogen) atoms. The molecule has 3 heterocycles. The molecule has 0 aliphatic carbocycles. The Labute approximate surface area is 179 Å². The average molecular weight is 420 g/mol. The first-order chi connectivity index (χ1) is 14.6. The fraction of sp³-hybridized carbons (Fsp3) is 0.261. The maximum absolute atomic E-state index is 6.34. The highest BCUT2D eigenvalue weighted by molar-refractivity contribution is 6.28. The van der Waals surface area contributed by atoms with Gasteiger partial charge in [-0.25, -0.2) is 4.98 Å². The Morgan fingerprint density at radius 1 is 1.10 bits per heavy atom. The van der Waals surface area contributed by atoms with Crippen molar-refractivity contribution in [1.82, 2.24) is 20.4 Å². The topological polar surface area (TPSA) is 67.1 Å². The number of hydrogen-bond donors (Lipinski definition) is 1. The largest absolute Gasteiger partial charge is 0.361 e. The average Bonchev–Trinajstić information content (AvgIpc) is 3.11. The third kappa shape index (κ3) is 3.32. The van der Waals surface area contributed by atoms with Crippen LogP contribution in [0.4, 0.5) is 5.82 Å². The molecule has 152 valence electrons. The number of aromatic nitrogens is 3. The van der Waals surface area contributed by atoms with E-state index in [0.717, 1.165) is 58.9 Å². The van der Waals surface area contributed by atoms with E-state index < -0.39 is 0 Å². The maximum Gasteiger partial charge on any atom is 0.224 e. The van der Waals surface area contributed by atoms with Crippen LogP contribution in [0.15, 0.2) is 53.1 Å². The van der Waals surface area contributed by atoms with Crippen LogP contribution in [-0.2, 0) is 0 Å². The van der Waals surface area contributed by atoms with Crippen LogP contribution < -0.4 is 10.2 Å². The van der Waals surface area contributed by atoms with E-state index in [2.05, 4.69) is 55.7 Å². The molecule has 0 radical (unpaired) electrons. The SMILES string of the molecule is Cc1noc(C)c1-c1ccc2nc(Cl)nc(N3CCNCC3c3ccccc3)c2c1. The summed E-state index contributed by atoms with van der Waals surface area (Å²) in [6.07, 6.45) is 0. The summed E-state index contributed by atoms with van der Waals surface area (Å²) in [5.41, 5.74) is 4.99. The zero-order chi connectivity index (χ0) is 20.7. The number of benzene rings is 2. The summed E-state index contributed by atoms with van der Waals surface area (Å²) >= 11 is 6.34. The molecular weight excluding hydrogens is 398 g/mol. The second-order valence-corrected chi connectivity index (χ2v) is 7.91. The number of aryl methyl sites for hydroxylation is 2. The Morgan fingerprint density at radius 2 is 1.93 bits per heavy atom. The molecule has 1 aliphatic heterocycles. The van der Waals surface area contributed by atoms with Gasteiger partial charge in [-0.3, -0.25) is 0 Å². The van der Waals surface area contributed by atoms with Crippen molar-refractivity contribution in [2.24, 2.45) is 0 Å². The molecule has 0 saturated carbocycles. The molecule has 0 bridgehead atoms. The monoisotopic (exact) mass is 419 g/mol. The van der Waals surface area contributed by atoms with Gasteiger partial charge in [-0.05, 0) is 48.7 Å². The Morgan fingerprint density at radius 3 is 2.70 bits per heavy atom. The lowest BCUT2D eigenvalue weighted by atomic mass is 10.00. The van der Waals surface area contributed by atoms with Gasteiger partial charge in [-0.2, -0.15) is 4.98 Å². The van der Waals surface area contributed by atoms with Crippen LogP contribution in [0.1, 0.15) is 23.1 Å². The third-order valence-corrected chi connectivity index (χ3v) is 5.84. The molecule has 1 unspecified atom stereocenters. The molecule has 4 aromatic rings. The molecule has 0 spiro atoms. The first-order valence-electron chi connectivity index (χ1n) is 10.0. The number of piperazine rings is 1. The number of anilines is 1. The standard InChI is InChI=1S/C23H22ClN5O/c1-14-21(15(2)30-28-14)17-8-9-19-18(12-17)22(27-23(24)26-19)29-11-10-25-13-20(29)16-6-4-3-5-7-16/h3-9,12,20,25H,10-11,13H2,1-2H3. The molecule has 0 amide bonds. The molecule has 1 aliphatic rings. The van der Waals surface area contributed by atoms with E-state index in [-0.39, 0.29) is 11.3 Å². The van der Waals surface area contributed by atoms with Crippen molar-refractivity contribution in [2.45, 2.75) is 19.9 Å². The third-order valence-electron chi connectivity index (χ3n) is 5.67. The van der Waals surface area contributed by atoms with E-state index in [1.54, 1.807) is 0 Å². The Kier molecular flexibility index (Phi) is 4.89. The summed E-state index contributed by atoms with van der Waals surface area (Å²) in [6.45, 7) is 6.45. The van der Waals surface area contributed by atoms with Crippen molar-refractivity contribution < 1.29 is 4.52 Å². The second-order valence-electron chi connectivity index (χ2n) is 7.57. The van der Waals surface area contributed by atoms with E-state index in [1.165, 1.54) is 5.56 Å². The van der Waals surface area contributed by atoms with Crippen LogP contribution in [-0.4, -0.2) is 34.8 Å². The predicted molar refractivity (Wildman–Crippen MR) is 119 cm³/mol. The highest BCUT2D eigenvalue weighted by atomic mass is 35.5. The smallest absolute Gasteiger partial charge is 0.224 e. The van der Waals surface area contributed by atoms with Gasteiger partial charge in [-0.1, -0.05) is 41.6 Å². The number of halogens is 1. The fourth-order valence-corrected chi connectivity index (χ4v) is 4.46. The van der Waals surface area contributed by atoms with Gasteiger partial charge in [0.05, 0.1) is 17.3 Å². The minimum absolute atomic E-state index is 0.164. The van der Waals surface area contributed by atoms with Crippen LogP contribution in [0, 0.1) is 13.8 Å². The van der Waals surface area contributed by atoms with Crippen molar-refractivity contribution in [3.63, 3.8) is 0 Å². The number of nitrogens with one attached hydrogen (secondary N) is 1. The summed E-state index contributed by atoms with van der Waals surface area (Å²) in [5.74, 6) is 1.65. The first-order valence-corrected chi connectivity index (χ1v) is 10.4. The first kappa shape index (κ1) is 19.0. The summed E-state index contributed by atoms with van der Waals surface area (Å²) in [7, 11) is 0. The van der Waals surface area contributed by atoms with Gasteiger partial charge in [0.1, 0.15) is 11.6 Å². The number of fused-ring (bicyclic) bond motifs is 1. The van der Waals surface area contributed by atoms with Gasteiger partial charge in [0, 0.05) is 30.6 Å². The van der Waals surface area contributed by atoms with Crippen LogP contribution in [0.2, 0.25) is 5.28 Å². The molecule has 1 atom stereocenters. The van der Waals surface area contributed by atoms with Crippen molar-refractivity contribution in [3.8, 4) is 11.1 Å². The van der Waals surface area contributed by atoms with Crippen LogP contribution in [0.5, 0.6) is 0 Å². The molecule has 7 heteroatoms. The summed E-state index contributed by atoms with van der Waals surface area (Å²) in [5, 5.41) is 8.84. The second kappa shape index (κ2) is 7.70. The molecule has 5 rings (SSSR count). The summed E-state index contributed by atoms with van der Waals surface area (Å²) < 4.78 is 5.38. The summed E-state index contributed by atoms with van der Waals surface area (Å²) in [4.78, 5) is 11.5. The number of nitrogens with zero attached hydrogens (tertiary/aromatic N) is 4. The normalized spacial score (nSPS) is 16.9. The van der Waals surface area contributed by atoms with E-state index in [4.69, 9.17) is 16.1 Å². The highest BCUT2D eigenvalue weighted by Gasteiger charge is 2.27. The number of hydrogen-bond acceptors (Lipinski definition) is 6. The van der Waals surface area contributed by atoms with Gasteiger partial charge in [0.2, 0.25) is 5.28 Å². The van der Waals surface area contributed by atoms with Crippen molar-refractivity contribution >= 4 is 28.3 Å². The van der Waals surface area contributed by atoms with E-state index in [1.807, 2.05) is 32.0 Å². The van der Waals surface area contributed by atoms with Crippen molar-refractivity contribution in [1.29, 1.82) is 0 Å². The zero-order valence-corrected chi connectivity index (χ0v) is 17.6. The highest BCUT2D eigenvalue weighted by Crippen LogP contribution is 2.36. The van der Waals surface area contributed by atoms with Crippen LogP contribution in [0.3, 0.4) is 0 Å². The van der Waals surface area contributed by atoms with Gasteiger partial charge < -0.3 is 14.7 Å². The molecule has 6 nitrogen and oxygen atoms in total. The Bertz CT molecular complexity index is 1190. The Balaban J connectivity index is 1.68. The molecule has 2 aromatic carbocycles. The molecule has 1 fully saturated rings. The lowest BCUT2D eigenvalue weighted by Gasteiger charge is -2.38. The fourth-order valence-electron chi connectivity index (χ4n) is 4.29. The predicted octanol–water partition coefficient (Wildman–Crippen LogP) is 4.71. The minimum atomic E-state index is 0.164.